The molecule has 1 heterocycles. The van der Waals surface area contributed by atoms with Gasteiger partial charge in [0.15, 0.2) is 0 Å². The number of benzene rings is 2. The molecule has 0 saturated carbocycles. The number of carbonyl (C=O) groups excluding carboxylic acids is 1. The van der Waals surface area contributed by atoms with Gasteiger partial charge in [-0.1, -0.05) is 24.3 Å². The minimum absolute atomic E-state index is 0.0620. The summed E-state index contributed by atoms with van der Waals surface area (Å²) in [5.74, 6) is -0.227. The summed E-state index contributed by atoms with van der Waals surface area (Å²) in [7, 11) is 0. The maximum absolute atomic E-state index is 13.4. The van der Waals surface area contributed by atoms with Gasteiger partial charge in [0, 0.05) is 18.8 Å². The molecule has 2 amide bonds. The number of aryl methyl sites for hydroxylation is 1. The third kappa shape index (κ3) is 3.65. The molecule has 24 heavy (non-hydrogen) atoms. The van der Waals surface area contributed by atoms with Crippen LogP contribution in [-0.4, -0.2) is 22.8 Å². The van der Waals surface area contributed by atoms with Crippen molar-refractivity contribution < 1.29 is 14.4 Å². The second-order valence-electron chi connectivity index (χ2n) is 6.01. The summed E-state index contributed by atoms with van der Waals surface area (Å²) in [4.78, 5) is 13.2. The molecule has 0 bridgehead atoms. The van der Waals surface area contributed by atoms with E-state index in [4.69, 9.17) is 5.73 Å². The van der Waals surface area contributed by atoms with E-state index in [0.29, 0.717) is 11.6 Å². The van der Waals surface area contributed by atoms with Crippen molar-refractivity contribution >= 4 is 11.7 Å². The Morgan fingerprint density at radius 3 is 2.83 bits per heavy atom. The maximum Gasteiger partial charge on any atom is 0.338 e. The molecule has 0 aliphatic carbocycles. The summed E-state index contributed by atoms with van der Waals surface area (Å²) in [6.45, 7) is 1.63. The number of rotatable bonds is 4. The van der Waals surface area contributed by atoms with Gasteiger partial charge in [-0.3, -0.25) is 5.21 Å². The first kappa shape index (κ1) is 16.3. The van der Waals surface area contributed by atoms with Crippen molar-refractivity contribution in [1.82, 2.24) is 5.06 Å². The van der Waals surface area contributed by atoms with Gasteiger partial charge in [-0.2, -0.15) is 0 Å². The van der Waals surface area contributed by atoms with Crippen molar-refractivity contribution in [3.05, 3.63) is 65.0 Å². The Morgan fingerprint density at radius 1 is 1.25 bits per heavy atom. The molecule has 1 aliphatic rings. The number of urea groups is 1. The van der Waals surface area contributed by atoms with Crippen molar-refractivity contribution in [3.63, 3.8) is 0 Å². The minimum Gasteiger partial charge on any atom is -0.367 e. The quantitative estimate of drug-likeness (QED) is 0.669. The Labute approximate surface area is 140 Å². The molecule has 0 fully saturated rings. The number of hydrogen-bond acceptors (Lipinski definition) is 3. The van der Waals surface area contributed by atoms with E-state index >= 15 is 0 Å². The zero-order valence-electron chi connectivity index (χ0n) is 13.3. The molecule has 0 spiro atoms. The predicted molar refractivity (Wildman–Crippen MR) is 89.1 cm³/mol. The van der Waals surface area contributed by atoms with E-state index in [1.165, 1.54) is 6.07 Å². The van der Waals surface area contributed by atoms with Crippen LogP contribution in [-0.2, 0) is 19.5 Å². The van der Waals surface area contributed by atoms with Gasteiger partial charge in [0.25, 0.3) is 0 Å². The molecule has 6 heteroatoms. The zero-order valence-corrected chi connectivity index (χ0v) is 13.3. The Bertz CT molecular complexity index is 751. The second-order valence-corrected chi connectivity index (χ2v) is 6.01. The lowest BCUT2D eigenvalue weighted by molar-refractivity contribution is -0.0470. The molecule has 126 valence electrons. The van der Waals surface area contributed by atoms with E-state index < -0.39 is 6.03 Å². The average molecular weight is 329 g/mol. The molecular formula is C18H20FN3O2. The fourth-order valence-corrected chi connectivity index (χ4v) is 3.10. The van der Waals surface area contributed by atoms with Crippen molar-refractivity contribution in [2.24, 2.45) is 5.73 Å². The molecule has 0 unspecified atom stereocenters. The van der Waals surface area contributed by atoms with Crippen molar-refractivity contribution in [3.8, 4) is 0 Å². The molecule has 0 saturated heterocycles. The van der Waals surface area contributed by atoms with Crippen LogP contribution in [0.5, 0.6) is 0 Å². The summed E-state index contributed by atoms with van der Waals surface area (Å²) in [5.41, 5.74) is 9.06. The topological polar surface area (TPSA) is 69.8 Å². The Kier molecular flexibility index (Phi) is 4.66. The number of halogens is 1. The van der Waals surface area contributed by atoms with Crippen LogP contribution < -0.4 is 10.6 Å². The highest BCUT2D eigenvalue weighted by molar-refractivity contribution is 5.70. The average Bonchev–Trinajstić information content (AvgIpc) is 2.55. The standard InChI is InChI=1S/C18H20FN3O2/c19-16-5-1-3-13(10-16)11-21-8-2-4-15-9-14(6-7-17(15)21)12-22(24)18(20)23/h1,3,5-7,9-10,24H,2,4,8,11-12H2,(H2,20,23). The van der Waals surface area contributed by atoms with E-state index in [-0.39, 0.29) is 12.4 Å². The minimum atomic E-state index is -0.875. The van der Waals surface area contributed by atoms with Crippen LogP contribution in [0.25, 0.3) is 0 Å². The molecule has 0 atom stereocenters. The van der Waals surface area contributed by atoms with Crippen LogP contribution in [0.4, 0.5) is 14.9 Å². The maximum atomic E-state index is 13.4. The first-order valence-electron chi connectivity index (χ1n) is 7.90. The number of hydrogen-bond donors (Lipinski definition) is 2. The van der Waals surface area contributed by atoms with Gasteiger partial charge in [-0.15, -0.1) is 0 Å². The Balaban J connectivity index is 1.79. The fourth-order valence-electron chi connectivity index (χ4n) is 3.10. The molecule has 0 aromatic heterocycles. The van der Waals surface area contributed by atoms with Crippen molar-refractivity contribution in [1.29, 1.82) is 0 Å². The van der Waals surface area contributed by atoms with Crippen LogP contribution in [0.2, 0.25) is 0 Å². The molecular weight excluding hydrogens is 309 g/mol. The molecule has 2 aromatic rings. The molecule has 0 radical (unpaired) electrons. The summed E-state index contributed by atoms with van der Waals surface area (Å²) in [5, 5.41) is 9.96. The lowest BCUT2D eigenvalue weighted by Gasteiger charge is -2.32. The highest BCUT2D eigenvalue weighted by Crippen LogP contribution is 2.29. The van der Waals surface area contributed by atoms with E-state index in [0.717, 1.165) is 41.8 Å². The SMILES string of the molecule is NC(=O)N(O)Cc1ccc2c(c1)CCCN2Cc1cccc(F)c1. The normalized spacial score (nSPS) is 13.5. The number of hydroxylamine groups is 2. The number of fused-ring (bicyclic) bond motifs is 1. The van der Waals surface area contributed by atoms with Gasteiger partial charge < -0.3 is 10.6 Å². The van der Waals surface area contributed by atoms with Crippen molar-refractivity contribution in [2.75, 3.05) is 11.4 Å². The van der Waals surface area contributed by atoms with Gasteiger partial charge in [0.05, 0.1) is 6.54 Å². The number of nitrogens with two attached hydrogens (primary N) is 1. The highest BCUT2D eigenvalue weighted by atomic mass is 19.1. The smallest absolute Gasteiger partial charge is 0.338 e. The van der Waals surface area contributed by atoms with Crippen LogP contribution in [0.3, 0.4) is 0 Å². The van der Waals surface area contributed by atoms with Crippen LogP contribution in [0, 0.1) is 5.82 Å². The van der Waals surface area contributed by atoms with Gasteiger partial charge in [0.1, 0.15) is 5.82 Å². The lowest BCUT2D eigenvalue weighted by Crippen LogP contribution is -2.32. The van der Waals surface area contributed by atoms with E-state index in [1.807, 2.05) is 24.3 Å². The first-order chi connectivity index (χ1) is 11.5. The Morgan fingerprint density at radius 2 is 2.08 bits per heavy atom. The third-order valence-corrected chi connectivity index (χ3v) is 4.21. The third-order valence-electron chi connectivity index (χ3n) is 4.21. The van der Waals surface area contributed by atoms with Gasteiger partial charge in [0.2, 0.25) is 0 Å². The first-order valence-corrected chi connectivity index (χ1v) is 7.90. The molecule has 3 rings (SSSR count). The Hall–Kier alpha value is -2.60. The monoisotopic (exact) mass is 329 g/mol. The van der Waals surface area contributed by atoms with Crippen LogP contribution >= 0.6 is 0 Å². The summed E-state index contributed by atoms with van der Waals surface area (Å²) in [6, 6.07) is 11.6. The number of carbonyl (C=O) groups is 1. The predicted octanol–water partition coefficient (Wildman–Crippen LogP) is 3.05. The molecule has 2 aromatic carbocycles. The van der Waals surface area contributed by atoms with E-state index in [2.05, 4.69) is 4.90 Å². The van der Waals surface area contributed by atoms with Gasteiger partial charge in [-0.05, 0) is 47.7 Å². The number of anilines is 1. The molecule has 5 nitrogen and oxygen atoms in total. The molecule has 3 N–H and O–H groups in total. The summed E-state index contributed by atoms with van der Waals surface area (Å²) >= 11 is 0. The number of nitrogens with zero attached hydrogens (tertiary/aromatic N) is 2. The zero-order chi connectivity index (χ0) is 17.1. The number of amides is 2. The largest absolute Gasteiger partial charge is 0.367 e. The fraction of sp³-hybridized carbons (Fsp3) is 0.278. The van der Waals surface area contributed by atoms with Crippen molar-refractivity contribution in [2.45, 2.75) is 25.9 Å². The lowest BCUT2D eigenvalue weighted by atomic mass is 9.98. The van der Waals surface area contributed by atoms with E-state index in [1.54, 1.807) is 12.1 Å². The second kappa shape index (κ2) is 6.88. The van der Waals surface area contributed by atoms with Gasteiger partial charge in [-0.25, -0.2) is 14.2 Å². The summed E-state index contributed by atoms with van der Waals surface area (Å²) < 4.78 is 13.4. The van der Waals surface area contributed by atoms with E-state index in [9.17, 15) is 14.4 Å². The highest BCUT2D eigenvalue weighted by Gasteiger charge is 2.18. The van der Waals surface area contributed by atoms with Gasteiger partial charge >= 0.3 is 6.03 Å². The molecule has 1 aliphatic heterocycles. The van der Waals surface area contributed by atoms with Crippen LogP contribution in [0.15, 0.2) is 42.5 Å². The number of primary amides is 1. The van der Waals surface area contributed by atoms with Crippen LogP contribution in [0.1, 0.15) is 23.1 Å². The summed E-state index contributed by atoms with van der Waals surface area (Å²) in [6.07, 6.45) is 1.94.